The van der Waals surface area contributed by atoms with Gasteiger partial charge in [-0.25, -0.2) is 4.99 Å². The first-order valence-electron chi connectivity index (χ1n) is 3.63. The van der Waals surface area contributed by atoms with E-state index in [0.29, 0.717) is 5.69 Å². The van der Waals surface area contributed by atoms with Crippen molar-refractivity contribution in [1.29, 1.82) is 0 Å². The smallest absolute Gasteiger partial charge is 0.261 e. The van der Waals surface area contributed by atoms with Gasteiger partial charge < -0.3 is 0 Å². The van der Waals surface area contributed by atoms with Crippen LogP contribution in [0.15, 0.2) is 23.3 Å². The van der Waals surface area contributed by atoms with Crippen LogP contribution in [-0.2, 0) is 0 Å². The van der Waals surface area contributed by atoms with Gasteiger partial charge in [-0.2, -0.15) is 13.2 Å². The van der Waals surface area contributed by atoms with Crippen molar-refractivity contribution in [2.45, 2.75) is 13.1 Å². The number of rotatable bonds is 1. The molecule has 0 amide bonds. The Balaban J connectivity index is 2.98. The maximum Gasteiger partial charge on any atom is 0.444 e. The Bertz CT molecular complexity index is 360. The van der Waals surface area contributed by atoms with E-state index in [0.717, 1.165) is 0 Å². The second-order valence-electron chi connectivity index (χ2n) is 2.56. The van der Waals surface area contributed by atoms with Crippen molar-refractivity contribution in [2.75, 3.05) is 0 Å². The lowest BCUT2D eigenvalue weighted by Crippen LogP contribution is -2.16. The van der Waals surface area contributed by atoms with E-state index in [9.17, 15) is 13.2 Å². The normalized spacial score (nSPS) is 13.1. The van der Waals surface area contributed by atoms with Crippen LogP contribution in [0.25, 0.3) is 0 Å². The lowest BCUT2D eigenvalue weighted by molar-refractivity contribution is -0.0558. The molecule has 0 aromatic carbocycles. The zero-order chi connectivity index (χ0) is 10.8. The van der Waals surface area contributed by atoms with Gasteiger partial charge in [0.1, 0.15) is 0 Å². The summed E-state index contributed by atoms with van der Waals surface area (Å²) in [5, 5.41) is -1.39. The van der Waals surface area contributed by atoms with E-state index >= 15 is 0 Å². The van der Waals surface area contributed by atoms with Crippen molar-refractivity contribution >= 4 is 22.5 Å². The quantitative estimate of drug-likeness (QED) is 0.670. The number of aromatic nitrogens is 1. The summed E-state index contributed by atoms with van der Waals surface area (Å²) in [6, 6.07) is 2.76. The lowest BCUT2D eigenvalue weighted by atomic mass is 10.3. The summed E-state index contributed by atoms with van der Waals surface area (Å²) in [5.74, 6) is 0. The number of alkyl halides is 3. The lowest BCUT2D eigenvalue weighted by Gasteiger charge is -2.02. The van der Waals surface area contributed by atoms with E-state index in [1.54, 1.807) is 6.92 Å². The van der Waals surface area contributed by atoms with Gasteiger partial charge in [-0.05, 0) is 19.1 Å². The first-order chi connectivity index (χ1) is 6.39. The summed E-state index contributed by atoms with van der Waals surface area (Å²) in [5.41, 5.74) is 0.720. The summed E-state index contributed by atoms with van der Waals surface area (Å²) in [6.07, 6.45) is -3.23. The van der Waals surface area contributed by atoms with Gasteiger partial charge in [-0.15, -0.1) is 0 Å². The molecule has 0 N–H and O–H groups in total. The average molecular weight is 223 g/mol. The number of nitrogens with zero attached hydrogens (tertiary/aromatic N) is 2. The number of aryl methyl sites for hydroxylation is 1. The molecule has 0 fully saturated rings. The molecule has 1 aromatic rings. The van der Waals surface area contributed by atoms with Crippen LogP contribution < -0.4 is 0 Å². The van der Waals surface area contributed by atoms with E-state index < -0.39 is 11.3 Å². The topological polar surface area (TPSA) is 25.2 Å². The molecular formula is C8H6ClF3N2. The molecule has 0 spiro atoms. The van der Waals surface area contributed by atoms with Crippen molar-refractivity contribution in [3.8, 4) is 0 Å². The van der Waals surface area contributed by atoms with E-state index in [4.69, 9.17) is 11.6 Å². The fourth-order valence-corrected chi connectivity index (χ4v) is 0.874. The maximum atomic E-state index is 12.0. The van der Waals surface area contributed by atoms with Crippen molar-refractivity contribution in [1.82, 2.24) is 4.98 Å². The van der Waals surface area contributed by atoms with Crippen molar-refractivity contribution in [3.63, 3.8) is 0 Å². The van der Waals surface area contributed by atoms with Gasteiger partial charge in [-0.3, -0.25) is 4.98 Å². The minimum Gasteiger partial charge on any atom is -0.261 e. The predicted octanol–water partition coefficient (Wildman–Crippen LogP) is 3.22. The molecule has 0 unspecified atom stereocenters. The summed E-state index contributed by atoms with van der Waals surface area (Å²) in [6.45, 7) is 1.65. The fourth-order valence-electron chi connectivity index (χ4n) is 0.777. The predicted molar refractivity (Wildman–Crippen MR) is 48.0 cm³/mol. The summed E-state index contributed by atoms with van der Waals surface area (Å²) < 4.78 is 35.9. The molecular weight excluding hydrogens is 217 g/mol. The highest BCUT2D eigenvalue weighted by Gasteiger charge is 2.34. The van der Waals surface area contributed by atoms with Crippen LogP contribution in [0.2, 0.25) is 0 Å². The fraction of sp³-hybridized carbons (Fsp3) is 0.250. The molecule has 0 bridgehead atoms. The van der Waals surface area contributed by atoms with Crippen LogP contribution >= 0.6 is 11.6 Å². The van der Waals surface area contributed by atoms with Crippen molar-refractivity contribution in [3.05, 3.63) is 24.0 Å². The Morgan fingerprint density at radius 1 is 1.50 bits per heavy atom. The second kappa shape index (κ2) is 3.96. The van der Waals surface area contributed by atoms with E-state index in [1.165, 1.54) is 18.3 Å². The third-order valence-corrected chi connectivity index (χ3v) is 1.64. The highest BCUT2D eigenvalue weighted by molar-refractivity contribution is 6.67. The molecule has 0 radical (unpaired) electrons. The van der Waals surface area contributed by atoms with Gasteiger partial charge in [0.25, 0.3) is 0 Å². The zero-order valence-corrected chi connectivity index (χ0v) is 7.89. The van der Waals surface area contributed by atoms with Gasteiger partial charge in [0.05, 0.1) is 5.69 Å². The monoisotopic (exact) mass is 222 g/mol. The zero-order valence-electron chi connectivity index (χ0n) is 7.14. The summed E-state index contributed by atoms with van der Waals surface area (Å²) in [4.78, 5) is 7.02. The first kappa shape index (κ1) is 11.0. The van der Waals surface area contributed by atoms with Crippen molar-refractivity contribution in [2.24, 2.45) is 4.99 Å². The second-order valence-corrected chi connectivity index (χ2v) is 2.91. The van der Waals surface area contributed by atoms with Gasteiger partial charge in [0.15, 0.2) is 0 Å². The summed E-state index contributed by atoms with van der Waals surface area (Å²) >= 11 is 4.95. The van der Waals surface area contributed by atoms with Crippen LogP contribution in [-0.4, -0.2) is 16.3 Å². The molecule has 2 nitrogen and oxygen atoms in total. The Morgan fingerprint density at radius 2 is 2.14 bits per heavy atom. The minimum atomic E-state index is -4.60. The number of hydrogen-bond donors (Lipinski definition) is 0. The van der Waals surface area contributed by atoms with Gasteiger partial charge in [0, 0.05) is 11.9 Å². The molecule has 1 aromatic heterocycles. The Hall–Kier alpha value is -1.10. The molecule has 0 aliphatic heterocycles. The van der Waals surface area contributed by atoms with Gasteiger partial charge >= 0.3 is 6.18 Å². The first-order valence-corrected chi connectivity index (χ1v) is 4.01. The average Bonchev–Trinajstić information content (AvgIpc) is 2.02. The molecule has 6 heteroatoms. The number of hydrogen-bond acceptors (Lipinski definition) is 2. The molecule has 0 aliphatic rings. The van der Waals surface area contributed by atoms with Crippen LogP contribution in [0.3, 0.4) is 0 Å². The Kier molecular flexibility index (Phi) is 3.10. The number of pyridine rings is 1. The van der Waals surface area contributed by atoms with Crippen LogP contribution in [0.4, 0.5) is 18.9 Å². The molecule has 0 aliphatic carbocycles. The maximum absolute atomic E-state index is 12.0. The summed E-state index contributed by atoms with van der Waals surface area (Å²) in [7, 11) is 0. The minimum absolute atomic E-state index is 0.139. The highest BCUT2D eigenvalue weighted by Crippen LogP contribution is 2.23. The van der Waals surface area contributed by atoms with E-state index in [1.807, 2.05) is 0 Å². The van der Waals surface area contributed by atoms with E-state index in [-0.39, 0.29) is 5.69 Å². The SMILES string of the molecule is Cc1cc(N=C(Cl)C(F)(F)F)ccn1. The van der Waals surface area contributed by atoms with Crippen LogP contribution in [0, 0.1) is 6.92 Å². The largest absolute Gasteiger partial charge is 0.444 e. The highest BCUT2D eigenvalue weighted by atomic mass is 35.5. The standard InChI is InChI=1S/C8H6ClF3N2/c1-5-4-6(2-3-13-5)14-7(9)8(10,11)12/h2-4H,1H3. The third kappa shape index (κ3) is 2.99. The molecule has 14 heavy (non-hydrogen) atoms. The Morgan fingerprint density at radius 3 is 2.64 bits per heavy atom. The van der Waals surface area contributed by atoms with Gasteiger partial charge in [-0.1, -0.05) is 11.6 Å². The van der Waals surface area contributed by atoms with Gasteiger partial charge in [0.2, 0.25) is 5.17 Å². The molecule has 1 rings (SSSR count). The molecule has 76 valence electrons. The Labute approximate surface area is 83.4 Å². The van der Waals surface area contributed by atoms with Crippen LogP contribution in [0.5, 0.6) is 0 Å². The van der Waals surface area contributed by atoms with Crippen LogP contribution in [0.1, 0.15) is 5.69 Å². The number of halogens is 4. The van der Waals surface area contributed by atoms with Crippen molar-refractivity contribution < 1.29 is 13.2 Å². The molecule has 0 saturated carbocycles. The molecule has 0 saturated heterocycles. The number of aliphatic imine (C=N–C) groups is 1. The van der Waals surface area contributed by atoms with E-state index in [2.05, 4.69) is 9.98 Å². The molecule has 1 heterocycles. The third-order valence-electron chi connectivity index (χ3n) is 1.34. The molecule has 0 atom stereocenters.